The summed E-state index contributed by atoms with van der Waals surface area (Å²) < 4.78 is 2.42. The minimum Gasteiger partial charge on any atom is -0.310 e. The molecule has 0 bridgehead atoms. The second-order valence-corrected chi connectivity index (χ2v) is 20.7. The highest BCUT2D eigenvalue weighted by Gasteiger charge is 2.41. The van der Waals surface area contributed by atoms with Crippen LogP contribution < -0.4 is 25.6 Å². The maximum atomic E-state index is 2.44. The van der Waals surface area contributed by atoms with Crippen molar-refractivity contribution in [3.05, 3.63) is 267 Å². The molecule has 12 rings (SSSR count). The van der Waals surface area contributed by atoms with Crippen LogP contribution in [0.2, 0.25) is 0 Å². The zero-order chi connectivity index (χ0) is 43.2. The van der Waals surface area contributed by atoms with Gasteiger partial charge in [0.05, 0.1) is 16.7 Å². The largest absolute Gasteiger partial charge is 0.310 e. The first-order chi connectivity index (χ1) is 32.3. The number of para-hydroxylation sites is 1. The predicted octanol–water partition coefficient (Wildman–Crippen LogP) is 13.6. The summed E-state index contributed by atoms with van der Waals surface area (Å²) in [5, 5.41) is 10.5. The molecule has 0 atom stereocenters. The fourth-order valence-electron chi connectivity index (χ4n) is 10.4. The first kappa shape index (κ1) is 38.4. The molecule has 0 fully saturated rings. The van der Waals surface area contributed by atoms with Gasteiger partial charge in [-0.05, 0) is 103 Å². The quantitative estimate of drug-likeness (QED) is 0.0756. The van der Waals surface area contributed by atoms with Gasteiger partial charge in [0.2, 0.25) is 0 Å². The molecule has 0 aliphatic heterocycles. The van der Waals surface area contributed by atoms with Gasteiger partial charge in [0, 0.05) is 33.2 Å². The van der Waals surface area contributed by atoms with Gasteiger partial charge < -0.3 is 9.47 Å². The number of hydrogen-bond acceptors (Lipinski definition) is 1. The second kappa shape index (κ2) is 16.1. The van der Waals surface area contributed by atoms with Crippen molar-refractivity contribution in [2.45, 2.75) is 0 Å². The van der Waals surface area contributed by atoms with E-state index in [-0.39, 0.29) is 0 Å². The van der Waals surface area contributed by atoms with E-state index in [1.165, 1.54) is 75.6 Å². The first-order valence-corrected chi connectivity index (χ1v) is 24.4. The number of aromatic nitrogens is 1. The van der Waals surface area contributed by atoms with E-state index in [4.69, 9.17) is 0 Å². The molecule has 11 aromatic carbocycles. The monoisotopic (exact) mass is 844 g/mol. The summed E-state index contributed by atoms with van der Waals surface area (Å²) in [4.78, 5) is 2.44. The molecule has 0 aliphatic carbocycles. The van der Waals surface area contributed by atoms with Crippen LogP contribution in [-0.2, 0) is 0 Å². The van der Waals surface area contributed by atoms with Gasteiger partial charge in [0.1, 0.15) is 0 Å². The molecule has 0 amide bonds. The van der Waals surface area contributed by atoms with E-state index >= 15 is 0 Å². The summed E-state index contributed by atoms with van der Waals surface area (Å²) >= 11 is 0. The molecule has 2 nitrogen and oxygen atoms in total. The van der Waals surface area contributed by atoms with E-state index in [1.807, 2.05) is 0 Å². The molecule has 1 aromatic heterocycles. The lowest BCUT2D eigenvalue weighted by molar-refractivity contribution is 1.18. The fourth-order valence-corrected chi connectivity index (χ4v) is 15.1. The highest BCUT2D eigenvalue weighted by molar-refractivity contribution is 7.19. The molecule has 0 unspecified atom stereocenters. The zero-order valence-corrected chi connectivity index (χ0v) is 36.8. The third kappa shape index (κ3) is 6.47. The van der Waals surface area contributed by atoms with Gasteiger partial charge in [-0.3, -0.25) is 0 Å². The van der Waals surface area contributed by atoms with Crippen LogP contribution in [0.3, 0.4) is 0 Å². The van der Waals surface area contributed by atoms with Crippen LogP contribution in [0.4, 0.5) is 17.1 Å². The van der Waals surface area contributed by atoms with Crippen molar-refractivity contribution in [1.29, 1.82) is 0 Å². The van der Waals surface area contributed by atoms with Crippen molar-refractivity contribution >= 4 is 78.5 Å². The maximum Gasteiger partial charge on any atom is 0.179 e. The van der Waals surface area contributed by atoms with Crippen LogP contribution in [0.5, 0.6) is 0 Å². The topological polar surface area (TPSA) is 8.17 Å². The lowest BCUT2D eigenvalue weighted by atomic mass is 9.99. The first-order valence-electron chi connectivity index (χ1n) is 22.4. The number of nitrogens with zero attached hydrogens (tertiary/aromatic N) is 2. The van der Waals surface area contributed by atoms with E-state index < -0.39 is 8.07 Å². The van der Waals surface area contributed by atoms with Crippen LogP contribution in [0, 0.1) is 0 Å². The number of rotatable bonds is 10. The average Bonchev–Trinajstić information content (AvgIpc) is 3.74. The van der Waals surface area contributed by atoms with Gasteiger partial charge >= 0.3 is 0 Å². The summed E-state index contributed by atoms with van der Waals surface area (Å²) in [7, 11) is -2.63. The van der Waals surface area contributed by atoms with Gasteiger partial charge in [-0.25, -0.2) is 0 Å². The maximum absolute atomic E-state index is 2.63. The smallest absolute Gasteiger partial charge is 0.179 e. The van der Waals surface area contributed by atoms with E-state index in [1.54, 1.807) is 0 Å². The van der Waals surface area contributed by atoms with Crippen LogP contribution >= 0.6 is 0 Å². The minimum atomic E-state index is -2.63. The lowest BCUT2D eigenvalue weighted by Crippen LogP contribution is -2.74. The molecular formula is C62H44N2Si. The third-order valence-corrected chi connectivity index (χ3v) is 18.1. The molecule has 65 heavy (non-hydrogen) atoms. The van der Waals surface area contributed by atoms with Gasteiger partial charge in [-0.15, -0.1) is 0 Å². The summed E-state index contributed by atoms with van der Waals surface area (Å²) in [6.45, 7) is 0. The van der Waals surface area contributed by atoms with Crippen molar-refractivity contribution in [2.24, 2.45) is 0 Å². The molecule has 0 aliphatic rings. The molecule has 0 radical (unpaired) electrons. The molecule has 0 saturated heterocycles. The highest BCUT2D eigenvalue weighted by atomic mass is 28.3. The van der Waals surface area contributed by atoms with E-state index in [2.05, 4.69) is 276 Å². The molecule has 0 spiro atoms. The normalized spacial score (nSPS) is 11.7. The number of anilines is 3. The molecule has 306 valence electrons. The van der Waals surface area contributed by atoms with Crippen molar-refractivity contribution in [3.63, 3.8) is 0 Å². The van der Waals surface area contributed by atoms with Crippen molar-refractivity contribution in [2.75, 3.05) is 4.90 Å². The van der Waals surface area contributed by atoms with Gasteiger partial charge in [0.15, 0.2) is 8.07 Å². The summed E-state index contributed by atoms with van der Waals surface area (Å²) in [6, 6.07) is 98.3. The van der Waals surface area contributed by atoms with Crippen LogP contribution in [-0.4, -0.2) is 12.6 Å². The molecule has 0 saturated carbocycles. The highest BCUT2D eigenvalue weighted by Crippen LogP contribution is 2.46. The molecule has 3 heteroatoms. The molecule has 0 N–H and O–H groups in total. The Morgan fingerprint density at radius 1 is 0.308 bits per heavy atom. The van der Waals surface area contributed by atoms with Gasteiger partial charge in [0.25, 0.3) is 0 Å². The Bertz CT molecular complexity index is 3450. The van der Waals surface area contributed by atoms with E-state index in [9.17, 15) is 0 Å². The van der Waals surface area contributed by atoms with Crippen LogP contribution in [0.25, 0.3) is 60.5 Å². The zero-order valence-electron chi connectivity index (χ0n) is 35.8. The van der Waals surface area contributed by atoms with E-state index in [0.29, 0.717) is 0 Å². The van der Waals surface area contributed by atoms with Crippen molar-refractivity contribution in [3.8, 4) is 27.9 Å². The van der Waals surface area contributed by atoms with Gasteiger partial charge in [-0.2, -0.15) is 0 Å². The summed E-state index contributed by atoms with van der Waals surface area (Å²) in [5.41, 5.74) is 11.7. The Balaban J connectivity index is 0.994. The molecule has 1 heterocycles. The Morgan fingerprint density at radius 3 is 1.42 bits per heavy atom. The summed E-state index contributed by atoms with van der Waals surface area (Å²) in [5.74, 6) is 0. The minimum absolute atomic E-state index is 1.10. The fraction of sp³-hybridized carbons (Fsp3) is 0. The Labute approximate surface area is 380 Å². The van der Waals surface area contributed by atoms with Crippen LogP contribution in [0.15, 0.2) is 267 Å². The van der Waals surface area contributed by atoms with E-state index in [0.717, 1.165) is 22.7 Å². The number of hydrogen-bond donors (Lipinski definition) is 0. The second-order valence-electron chi connectivity index (χ2n) is 16.9. The SMILES string of the molecule is c1ccc(-c2cccc(N(c3ccc(-c4ccc([Si](c5ccccc5)(c5ccccc5)c5ccccc5)cc4)cc3)c3ccc4c5c3ccc3cccc(c35)n4-c3ccccc3)c2)cc1. The van der Waals surface area contributed by atoms with Gasteiger partial charge in [-0.1, -0.05) is 212 Å². The molecule has 12 aromatic rings. The Morgan fingerprint density at radius 2 is 0.800 bits per heavy atom. The van der Waals surface area contributed by atoms with Crippen molar-refractivity contribution in [1.82, 2.24) is 4.57 Å². The standard InChI is InChI=1S/C62H44N2Si/c1-6-18-45(19-7-1)49-21-16-24-52(44-49)63(58-42-43-60-62-57(58)41-36-48-20-17-31-59(61(48)62)64(60)50-22-8-2-9-23-50)51-37-32-46(33-38-51)47-34-39-56(40-35-47)65(53-25-10-3-11-26-53,54-27-12-4-13-28-54)55-29-14-5-15-30-55/h1-44H. The average molecular weight is 845 g/mol. The summed E-state index contributed by atoms with van der Waals surface area (Å²) in [6.07, 6.45) is 0. The predicted molar refractivity (Wildman–Crippen MR) is 279 cm³/mol. The Kier molecular flexibility index (Phi) is 9.55. The van der Waals surface area contributed by atoms with Crippen LogP contribution in [0.1, 0.15) is 0 Å². The molecular weight excluding hydrogens is 801 g/mol. The lowest BCUT2D eigenvalue weighted by Gasteiger charge is -2.34. The number of benzene rings is 11. The van der Waals surface area contributed by atoms with Crippen molar-refractivity contribution < 1.29 is 0 Å². The third-order valence-electron chi connectivity index (χ3n) is 13.3. The Hall–Kier alpha value is -8.24.